The lowest BCUT2D eigenvalue weighted by Crippen LogP contribution is -2.50. The van der Waals surface area contributed by atoms with Gasteiger partial charge in [-0.25, -0.2) is 9.59 Å². The van der Waals surface area contributed by atoms with E-state index < -0.39 is 12.1 Å². The monoisotopic (exact) mass is 780 g/mol. The minimum absolute atomic E-state index is 0.0189. The number of carboxylic acids is 1. The molecule has 12 heteroatoms. The summed E-state index contributed by atoms with van der Waals surface area (Å²) in [7, 11) is 0. The van der Waals surface area contributed by atoms with E-state index in [0.29, 0.717) is 19.9 Å². The molecule has 0 unspecified atom stereocenters. The highest BCUT2D eigenvalue weighted by Gasteiger charge is 2.38. The van der Waals surface area contributed by atoms with Gasteiger partial charge in [0, 0.05) is 51.9 Å². The summed E-state index contributed by atoms with van der Waals surface area (Å²) < 4.78 is 42.7. The van der Waals surface area contributed by atoms with Crippen molar-refractivity contribution in [2.45, 2.75) is 57.7 Å². The summed E-state index contributed by atoms with van der Waals surface area (Å²) in [4.78, 5) is 27.3. The first-order valence-corrected chi connectivity index (χ1v) is 19.0. The predicted octanol–water partition coefficient (Wildman–Crippen LogP) is 8.42. The van der Waals surface area contributed by atoms with Crippen molar-refractivity contribution in [2.75, 3.05) is 26.4 Å². The van der Waals surface area contributed by atoms with Crippen LogP contribution in [0.1, 0.15) is 40.7 Å². The Morgan fingerprint density at radius 3 is 2.00 bits per heavy atom. The Morgan fingerprint density at radius 2 is 1.32 bits per heavy atom. The van der Waals surface area contributed by atoms with Crippen LogP contribution in [0.25, 0.3) is 11.1 Å². The maximum Gasteiger partial charge on any atom is 0.490 e. The average Bonchev–Trinajstić information content (AvgIpc) is 3.70. The van der Waals surface area contributed by atoms with Crippen LogP contribution in [-0.4, -0.2) is 65.6 Å². The smallest absolute Gasteiger partial charge is 0.475 e. The number of carboxylic acid groups (broad SMARTS) is 1. The lowest BCUT2D eigenvalue weighted by molar-refractivity contribution is -0.192. The van der Waals surface area contributed by atoms with E-state index in [4.69, 9.17) is 19.4 Å². The van der Waals surface area contributed by atoms with Gasteiger partial charge in [-0.2, -0.15) is 13.2 Å². The van der Waals surface area contributed by atoms with Crippen LogP contribution in [-0.2, 0) is 37.4 Å². The van der Waals surface area contributed by atoms with E-state index in [2.05, 4.69) is 117 Å². The van der Waals surface area contributed by atoms with Gasteiger partial charge in [0.1, 0.15) is 0 Å². The van der Waals surface area contributed by atoms with Crippen LogP contribution in [0.4, 0.5) is 18.0 Å². The van der Waals surface area contributed by atoms with Gasteiger partial charge < -0.3 is 30.1 Å². The number of carbonyl (C=O) groups excluding carboxylic acids is 1. The van der Waals surface area contributed by atoms with Gasteiger partial charge in [0.2, 0.25) is 6.79 Å². The number of likely N-dealkylation sites (tertiary alicyclic amines) is 1. The van der Waals surface area contributed by atoms with Crippen LogP contribution < -0.4 is 20.1 Å². The average molecular weight is 781 g/mol. The lowest BCUT2D eigenvalue weighted by atomic mass is 9.99. The van der Waals surface area contributed by atoms with Crippen LogP contribution in [0.15, 0.2) is 127 Å². The molecule has 0 aliphatic carbocycles. The molecule has 3 N–H and O–H groups in total. The molecule has 57 heavy (non-hydrogen) atoms. The molecule has 0 aromatic heterocycles. The number of hydrogen-bond acceptors (Lipinski definition) is 6. The topological polar surface area (TPSA) is 103 Å². The molecule has 5 aromatic rings. The number of carbonyl (C=O) groups is 2. The number of piperidine rings is 1. The van der Waals surface area contributed by atoms with E-state index in [0.717, 1.165) is 74.6 Å². The minimum Gasteiger partial charge on any atom is -0.475 e. The molecule has 0 bridgehead atoms. The quantitative estimate of drug-likeness (QED) is 0.110. The molecule has 2 amide bonds. The molecule has 9 nitrogen and oxygen atoms in total. The third kappa shape index (κ3) is 12.3. The number of urea groups is 1. The molecule has 1 saturated heterocycles. The zero-order valence-corrected chi connectivity index (χ0v) is 31.6. The molecule has 0 spiro atoms. The van der Waals surface area contributed by atoms with Crippen molar-refractivity contribution in [3.63, 3.8) is 0 Å². The largest absolute Gasteiger partial charge is 0.490 e. The number of benzene rings is 5. The van der Waals surface area contributed by atoms with Crippen LogP contribution >= 0.6 is 0 Å². The second-order valence-corrected chi connectivity index (χ2v) is 14.1. The Bertz CT molecular complexity index is 2040. The van der Waals surface area contributed by atoms with E-state index in [1.54, 1.807) is 0 Å². The maximum absolute atomic E-state index is 13.8. The van der Waals surface area contributed by atoms with E-state index in [9.17, 15) is 18.0 Å². The fourth-order valence-corrected chi connectivity index (χ4v) is 6.92. The number of hydrogen-bond donors (Lipinski definition) is 3. The van der Waals surface area contributed by atoms with E-state index in [1.807, 2.05) is 30.3 Å². The molecular formula is C45H47F3N4O5. The molecule has 2 aliphatic heterocycles. The summed E-state index contributed by atoms with van der Waals surface area (Å²) in [6.45, 7) is 5.92. The standard InChI is InChI=1S/C43H46N4O3.C2HF3O2/c48-43(45-23-20-33-8-3-1-4-9-33)47(40-21-24-46(25-22-40)30-35-10-5-2-6-11-35)31-37-12-7-13-39(26-37)38-17-14-34(15-18-38)28-44-29-36-16-19-41-42(27-36)50-32-49-41;3-2(4,5)1(6)7/h1-19,26-27,40,44H,20-25,28-32H2,(H,45,48);(H,6,7). The Balaban J connectivity index is 0.000000719. The van der Waals surface area contributed by atoms with Gasteiger partial charge in [-0.3, -0.25) is 4.90 Å². The molecule has 5 aromatic carbocycles. The number of nitrogens with one attached hydrogen (secondary N) is 2. The van der Waals surface area contributed by atoms with Crippen molar-refractivity contribution < 1.29 is 37.3 Å². The number of halogens is 3. The summed E-state index contributed by atoms with van der Waals surface area (Å²) in [6.07, 6.45) is -2.35. The van der Waals surface area contributed by atoms with Gasteiger partial charge in [-0.1, -0.05) is 109 Å². The zero-order chi connectivity index (χ0) is 40.0. The van der Waals surface area contributed by atoms with Crippen molar-refractivity contribution in [2.24, 2.45) is 0 Å². The highest BCUT2D eigenvalue weighted by atomic mass is 19.4. The molecule has 2 aliphatic rings. The Labute approximate surface area is 331 Å². The van der Waals surface area contributed by atoms with E-state index in [1.165, 1.54) is 27.8 Å². The predicted molar refractivity (Wildman–Crippen MR) is 213 cm³/mol. The first-order valence-electron chi connectivity index (χ1n) is 19.0. The molecule has 2 heterocycles. The third-order valence-electron chi connectivity index (χ3n) is 9.95. The summed E-state index contributed by atoms with van der Waals surface area (Å²) >= 11 is 0. The van der Waals surface area contributed by atoms with Crippen molar-refractivity contribution in [1.82, 2.24) is 20.4 Å². The second-order valence-electron chi connectivity index (χ2n) is 14.1. The maximum atomic E-state index is 13.8. The number of alkyl halides is 3. The van der Waals surface area contributed by atoms with Crippen LogP contribution in [0.5, 0.6) is 11.5 Å². The summed E-state index contributed by atoms with van der Waals surface area (Å²) in [5.41, 5.74) is 8.42. The van der Waals surface area contributed by atoms with Crippen molar-refractivity contribution in [3.8, 4) is 22.6 Å². The number of ether oxygens (including phenoxy) is 2. The summed E-state index contributed by atoms with van der Waals surface area (Å²) in [6, 6.07) is 44.7. The highest BCUT2D eigenvalue weighted by molar-refractivity contribution is 5.75. The summed E-state index contributed by atoms with van der Waals surface area (Å²) in [5.74, 6) is -1.14. The van der Waals surface area contributed by atoms with Gasteiger partial charge in [-0.05, 0) is 76.4 Å². The normalized spacial score (nSPS) is 14.0. The molecule has 0 radical (unpaired) electrons. The van der Waals surface area contributed by atoms with Crippen LogP contribution in [0.2, 0.25) is 0 Å². The van der Waals surface area contributed by atoms with Gasteiger partial charge in [-0.15, -0.1) is 0 Å². The highest BCUT2D eigenvalue weighted by Crippen LogP contribution is 2.32. The fraction of sp³-hybridized carbons (Fsp3) is 0.289. The van der Waals surface area contributed by atoms with E-state index >= 15 is 0 Å². The van der Waals surface area contributed by atoms with Crippen molar-refractivity contribution in [1.29, 1.82) is 0 Å². The zero-order valence-electron chi connectivity index (χ0n) is 31.6. The molecule has 0 saturated carbocycles. The Morgan fingerprint density at radius 1 is 0.702 bits per heavy atom. The molecular weight excluding hydrogens is 734 g/mol. The molecule has 7 rings (SSSR count). The molecule has 0 atom stereocenters. The first kappa shape index (κ1) is 40.8. The lowest BCUT2D eigenvalue weighted by Gasteiger charge is -2.38. The second kappa shape index (κ2) is 19.8. The van der Waals surface area contributed by atoms with Gasteiger partial charge >= 0.3 is 18.2 Å². The van der Waals surface area contributed by atoms with Crippen LogP contribution in [0, 0.1) is 0 Å². The number of amides is 2. The summed E-state index contributed by atoms with van der Waals surface area (Å²) in [5, 5.41) is 13.9. The Hall–Kier alpha value is -5.85. The van der Waals surface area contributed by atoms with Crippen molar-refractivity contribution in [3.05, 3.63) is 155 Å². The number of aliphatic carboxylic acids is 1. The number of nitrogens with zero attached hydrogens (tertiary/aromatic N) is 2. The van der Waals surface area contributed by atoms with E-state index in [-0.39, 0.29) is 12.1 Å². The minimum atomic E-state index is -5.08. The molecule has 1 fully saturated rings. The van der Waals surface area contributed by atoms with Gasteiger partial charge in [0.05, 0.1) is 0 Å². The Kier molecular flexibility index (Phi) is 14.2. The van der Waals surface area contributed by atoms with Gasteiger partial charge in [0.15, 0.2) is 11.5 Å². The number of fused-ring (bicyclic) bond motifs is 1. The third-order valence-corrected chi connectivity index (χ3v) is 9.95. The SMILES string of the molecule is O=C(NCCc1ccccc1)N(Cc1cccc(-c2ccc(CNCc3ccc4c(c3)OCO4)cc2)c1)C1CCN(Cc2ccccc2)CC1.O=C(O)C(F)(F)F. The number of rotatable bonds is 13. The van der Waals surface area contributed by atoms with Crippen LogP contribution in [0.3, 0.4) is 0 Å². The van der Waals surface area contributed by atoms with Crippen molar-refractivity contribution >= 4 is 12.0 Å². The first-order chi connectivity index (χ1) is 27.6. The van der Waals surface area contributed by atoms with Gasteiger partial charge in [0.25, 0.3) is 0 Å². The fourth-order valence-electron chi connectivity index (χ4n) is 6.92. The molecule has 298 valence electrons.